The SMILES string of the molecule is CC(C)c1c(C(=O)Nc2ccccc2)c(-c2cccc(OCCCCCc3cn(CCOCCOCCOCCOCCNc4cccc5c4C(=O)N(C4CCC(=O)NC4=O)C5=O)nn3)c2)c(-c2ccc(F)cc2)n1CC[C@@H](O)C[C@@H](O)CC(=O)O. The molecule has 4 heterocycles. The molecule has 4 aromatic carbocycles. The average molecular weight is 1190 g/mol. The maximum absolute atomic E-state index is 14.7. The van der Waals surface area contributed by atoms with Gasteiger partial charge in [0.05, 0.1) is 113 Å². The first-order valence-electron chi connectivity index (χ1n) is 29.1. The number of hydrogen-bond donors (Lipinski definition) is 6. The molecular formula is C63H75FN8O14. The first-order valence-corrected chi connectivity index (χ1v) is 29.1. The van der Waals surface area contributed by atoms with Crippen molar-refractivity contribution >= 4 is 46.9 Å². The molecule has 6 aromatic rings. The van der Waals surface area contributed by atoms with Gasteiger partial charge in [0, 0.05) is 48.3 Å². The Morgan fingerprint density at radius 1 is 0.756 bits per heavy atom. The number of imide groups is 2. The van der Waals surface area contributed by atoms with Gasteiger partial charge in [-0.05, 0) is 123 Å². The standard InChI is InChI=1S/C63H75FN8O14/c1-41(2)58-57(61(79)66-45-12-5-3-6-13-45)55(59(42-18-20-44(64)21-19-42)71(58)26-24-47(73)38-48(74)39-54(76)77)43-11-9-15-49(37-43)86-28-8-4-7-14-46-40-70(69-68-46)27-30-83-32-34-85-36-35-84-33-31-82-29-25-65-51-17-10-16-50-56(51)63(81)72(62(50)80)52-22-23-53(75)67-60(52)78/h3,5-6,9-13,15-21,37,40-41,47-48,52,65,73-74H,4,7-8,14,22-36,38-39H2,1-2H3,(H,66,79)(H,76,77)(H,67,75,78)/t47-,48-,52?/m1/s1. The Hall–Kier alpha value is -8.19. The largest absolute Gasteiger partial charge is 0.494 e. The van der Waals surface area contributed by atoms with Crippen LogP contribution in [0.15, 0.2) is 103 Å². The molecule has 2 aliphatic rings. The van der Waals surface area contributed by atoms with Crippen LogP contribution in [-0.2, 0) is 52.8 Å². The number of hydrogen-bond acceptors (Lipinski definition) is 16. The third-order valence-corrected chi connectivity index (χ3v) is 14.5. The van der Waals surface area contributed by atoms with Gasteiger partial charge in [-0.3, -0.25) is 39.0 Å². The topological polar surface area (TPSA) is 284 Å². The highest BCUT2D eigenvalue weighted by Crippen LogP contribution is 2.44. The molecule has 1 saturated heterocycles. The molecule has 22 nitrogen and oxygen atoms in total. The van der Waals surface area contributed by atoms with Gasteiger partial charge >= 0.3 is 5.97 Å². The van der Waals surface area contributed by atoms with Crippen molar-refractivity contribution in [1.82, 2.24) is 29.8 Å². The second-order valence-corrected chi connectivity index (χ2v) is 21.3. The fourth-order valence-corrected chi connectivity index (χ4v) is 10.5. The number of carbonyl (C=O) groups excluding carboxylic acids is 5. The number of aliphatic hydroxyl groups excluding tert-OH is 2. The van der Waals surface area contributed by atoms with Crippen molar-refractivity contribution in [3.8, 4) is 28.1 Å². The molecule has 6 N–H and O–H groups in total. The van der Waals surface area contributed by atoms with Gasteiger partial charge in [-0.15, -0.1) is 5.10 Å². The highest BCUT2D eigenvalue weighted by molar-refractivity contribution is 6.25. The van der Waals surface area contributed by atoms with Gasteiger partial charge in [-0.1, -0.05) is 55.5 Å². The lowest BCUT2D eigenvalue weighted by Gasteiger charge is -2.27. The van der Waals surface area contributed by atoms with Gasteiger partial charge in [-0.25, -0.2) is 9.07 Å². The molecule has 0 spiro atoms. The van der Waals surface area contributed by atoms with E-state index < -0.39 is 60.1 Å². The molecule has 0 radical (unpaired) electrons. The zero-order valence-electron chi connectivity index (χ0n) is 48.4. The Labute approximate surface area is 497 Å². The fraction of sp³-hybridized carbons (Fsp3) is 0.429. The second kappa shape index (κ2) is 31.8. The molecular weight excluding hydrogens is 1110 g/mol. The summed E-state index contributed by atoms with van der Waals surface area (Å²) in [5, 5.41) is 47.6. The number of carboxylic acids is 1. The Morgan fingerprint density at radius 3 is 2.17 bits per heavy atom. The minimum Gasteiger partial charge on any atom is -0.494 e. The molecule has 2 aromatic heterocycles. The number of anilines is 2. The Balaban J connectivity index is 0.727. The summed E-state index contributed by atoms with van der Waals surface area (Å²) in [6.07, 6.45) is 2.48. The second-order valence-electron chi connectivity index (χ2n) is 21.3. The van der Waals surface area contributed by atoms with E-state index in [9.17, 15) is 48.5 Å². The lowest BCUT2D eigenvalue weighted by Crippen LogP contribution is -2.54. The Kier molecular flexibility index (Phi) is 23.6. The lowest BCUT2D eigenvalue weighted by atomic mass is 9.94. The van der Waals surface area contributed by atoms with Gasteiger partial charge in [0.1, 0.15) is 17.6 Å². The molecule has 458 valence electrons. The molecule has 2 aliphatic heterocycles. The van der Waals surface area contributed by atoms with Crippen LogP contribution < -0.4 is 20.7 Å². The molecule has 1 fully saturated rings. The molecule has 23 heteroatoms. The summed E-state index contributed by atoms with van der Waals surface area (Å²) < 4.78 is 47.2. The summed E-state index contributed by atoms with van der Waals surface area (Å²) in [4.78, 5) is 77.2. The van der Waals surface area contributed by atoms with Crippen LogP contribution in [0, 0.1) is 5.82 Å². The lowest BCUT2D eigenvalue weighted by molar-refractivity contribution is -0.140. The number of rotatable bonds is 36. The molecule has 0 bridgehead atoms. The number of benzene rings is 4. The van der Waals surface area contributed by atoms with Gasteiger partial charge in [0.25, 0.3) is 17.7 Å². The summed E-state index contributed by atoms with van der Waals surface area (Å²) in [6.45, 7) is 8.47. The molecule has 8 rings (SSSR count). The quantitative estimate of drug-likeness (QED) is 0.0166. The number of aliphatic hydroxyl groups is 2. The van der Waals surface area contributed by atoms with Crippen LogP contribution in [0.25, 0.3) is 22.4 Å². The van der Waals surface area contributed by atoms with Crippen LogP contribution in [0.4, 0.5) is 15.8 Å². The summed E-state index contributed by atoms with van der Waals surface area (Å²) in [5.41, 5.74) is 5.95. The van der Waals surface area contributed by atoms with Crippen LogP contribution in [0.1, 0.15) is 114 Å². The van der Waals surface area contributed by atoms with E-state index in [0.29, 0.717) is 123 Å². The van der Waals surface area contributed by atoms with E-state index in [-0.39, 0.29) is 55.2 Å². The number of para-hydroxylation sites is 1. The first-order chi connectivity index (χ1) is 41.7. The van der Waals surface area contributed by atoms with Gasteiger partial charge < -0.3 is 54.2 Å². The van der Waals surface area contributed by atoms with Crippen molar-refractivity contribution in [2.75, 3.05) is 76.6 Å². The smallest absolute Gasteiger partial charge is 0.305 e. The van der Waals surface area contributed by atoms with E-state index in [1.54, 1.807) is 47.1 Å². The van der Waals surface area contributed by atoms with Gasteiger partial charge in [0.15, 0.2) is 0 Å². The first kappa shape index (κ1) is 63.8. The zero-order chi connectivity index (χ0) is 61.0. The molecule has 0 saturated carbocycles. The number of fused-ring (bicyclic) bond motifs is 1. The number of nitrogens with zero attached hydrogens (tertiary/aromatic N) is 5. The average Bonchev–Trinajstić information content (AvgIpc) is 1.99. The maximum Gasteiger partial charge on any atom is 0.305 e. The predicted molar refractivity (Wildman–Crippen MR) is 315 cm³/mol. The van der Waals surface area contributed by atoms with Crippen LogP contribution in [0.2, 0.25) is 0 Å². The van der Waals surface area contributed by atoms with Crippen LogP contribution in [0.5, 0.6) is 5.75 Å². The van der Waals surface area contributed by atoms with Crippen molar-refractivity contribution in [3.05, 3.63) is 137 Å². The number of aromatic nitrogens is 4. The number of amides is 5. The van der Waals surface area contributed by atoms with Crippen molar-refractivity contribution in [1.29, 1.82) is 0 Å². The van der Waals surface area contributed by atoms with E-state index in [0.717, 1.165) is 36.3 Å². The van der Waals surface area contributed by atoms with E-state index in [1.807, 2.05) is 67.1 Å². The highest BCUT2D eigenvalue weighted by atomic mass is 19.1. The monoisotopic (exact) mass is 1190 g/mol. The number of aliphatic carboxylic acids is 1. The van der Waals surface area contributed by atoms with E-state index in [1.165, 1.54) is 12.1 Å². The number of carbonyl (C=O) groups is 6. The molecule has 5 amide bonds. The Bertz CT molecular complexity index is 3260. The minimum atomic E-state index is -1.24. The maximum atomic E-state index is 14.7. The van der Waals surface area contributed by atoms with E-state index in [2.05, 4.69) is 26.3 Å². The predicted octanol–water partition coefficient (Wildman–Crippen LogP) is 7.28. The molecule has 1 unspecified atom stereocenters. The number of nitrogens with one attached hydrogen (secondary N) is 3. The number of ether oxygens (including phenoxy) is 5. The third kappa shape index (κ3) is 17.5. The van der Waals surface area contributed by atoms with Crippen LogP contribution in [0.3, 0.4) is 0 Å². The van der Waals surface area contributed by atoms with Crippen molar-refractivity contribution < 1.29 is 72.2 Å². The van der Waals surface area contributed by atoms with Crippen molar-refractivity contribution in [3.63, 3.8) is 0 Å². The highest BCUT2D eigenvalue weighted by Gasteiger charge is 2.45. The molecule has 0 aliphatic carbocycles. The van der Waals surface area contributed by atoms with Crippen LogP contribution in [-0.4, -0.2) is 160 Å². The number of aryl methyl sites for hydroxylation is 1. The normalized spacial score (nSPS) is 14.8. The summed E-state index contributed by atoms with van der Waals surface area (Å²) >= 11 is 0. The zero-order valence-corrected chi connectivity index (χ0v) is 48.4. The number of unbranched alkanes of at least 4 members (excludes halogenated alkanes) is 2. The third-order valence-electron chi connectivity index (χ3n) is 14.5. The number of piperidine rings is 1. The summed E-state index contributed by atoms with van der Waals surface area (Å²) in [6, 6.07) is 26.5. The van der Waals surface area contributed by atoms with Crippen molar-refractivity contribution in [2.45, 2.75) is 109 Å². The minimum absolute atomic E-state index is 0.0470. The summed E-state index contributed by atoms with van der Waals surface area (Å²) in [5.74, 6) is -3.81. The molecule has 86 heavy (non-hydrogen) atoms. The summed E-state index contributed by atoms with van der Waals surface area (Å²) in [7, 11) is 0. The van der Waals surface area contributed by atoms with Crippen LogP contribution >= 0.6 is 0 Å². The Morgan fingerprint density at radius 2 is 1.47 bits per heavy atom. The number of halogens is 1. The van der Waals surface area contributed by atoms with E-state index >= 15 is 0 Å². The van der Waals surface area contributed by atoms with E-state index in [4.69, 9.17) is 23.7 Å². The van der Waals surface area contributed by atoms with Crippen molar-refractivity contribution in [2.24, 2.45) is 0 Å². The fourth-order valence-electron chi connectivity index (χ4n) is 10.5. The van der Waals surface area contributed by atoms with Gasteiger partial charge in [0.2, 0.25) is 11.8 Å². The number of carboxylic acid groups (broad SMARTS) is 1. The van der Waals surface area contributed by atoms with Gasteiger partial charge in [-0.2, -0.15) is 0 Å². The molecule has 3 atom stereocenters.